The second kappa shape index (κ2) is 4.90. The highest BCUT2D eigenvalue weighted by Gasteiger charge is 2.25. The van der Waals surface area contributed by atoms with Crippen LogP contribution in [0.5, 0.6) is 0 Å². The van der Waals surface area contributed by atoms with Gasteiger partial charge in [-0.15, -0.1) is 0 Å². The Bertz CT molecular complexity index is 424. The molecule has 2 aliphatic heterocycles. The van der Waals surface area contributed by atoms with Crippen molar-refractivity contribution < 1.29 is 0 Å². The Morgan fingerprint density at radius 1 is 1.28 bits per heavy atom. The van der Waals surface area contributed by atoms with Gasteiger partial charge in [0.15, 0.2) is 0 Å². The van der Waals surface area contributed by atoms with Crippen molar-refractivity contribution in [2.24, 2.45) is 0 Å². The molecular weight excluding hydrogens is 222 g/mol. The Hall–Kier alpha value is -1.06. The molecule has 0 bridgehead atoms. The highest BCUT2D eigenvalue weighted by atomic mass is 15.2. The van der Waals surface area contributed by atoms with Crippen LogP contribution in [0, 0.1) is 0 Å². The van der Waals surface area contributed by atoms with Crippen molar-refractivity contribution >= 4 is 5.69 Å². The fourth-order valence-electron chi connectivity index (χ4n) is 3.18. The van der Waals surface area contributed by atoms with E-state index in [1.165, 1.54) is 36.3 Å². The summed E-state index contributed by atoms with van der Waals surface area (Å²) in [6, 6.07) is 7.46. The molecule has 1 N–H and O–H groups in total. The standard InChI is InChI=1S/C15H23N3/c1-12-10-13-4-3-5-14(15(13)17(12)2)11-18-8-6-16-7-9-18/h3-5,12,16H,6-11H2,1-2H3. The average Bonchev–Trinajstić information content (AvgIpc) is 2.67. The van der Waals surface area contributed by atoms with Crippen LogP contribution in [0.1, 0.15) is 18.1 Å². The minimum atomic E-state index is 0.643. The van der Waals surface area contributed by atoms with Crippen LogP contribution in [0.2, 0.25) is 0 Å². The lowest BCUT2D eigenvalue weighted by Crippen LogP contribution is -2.43. The van der Waals surface area contributed by atoms with Gasteiger partial charge in [-0.1, -0.05) is 18.2 Å². The molecule has 0 aromatic heterocycles. The van der Waals surface area contributed by atoms with E-state index in [0.29, 0.717) is 6.04 Å². The molecule has 98 valence electrons. The van der Waals surface area contributed by atoms with Crippen molar-refractivity contribution in [3.63, 3.8) is 0 Å². The quantitative estimate of drug-likeness (QED) is 0.851. The second-order valence-corrected chi connectivity index (χ2v) is 5.62. The molecule has 0 saturated carbocycles. The molecule has 1 unspecified atom stereocenters. The summed E-state index contributed by atoms with van der Waals surface area (Å²) in [4.78, 5) is 5.01. The van der Waals surface area contributed by atoms with E-state index in [-0.39, 0.29) is 0 Å². The average molecular weight is 245 g/mol. The van der Waals surface area contributed by atoms with Gasteiger partial charge < -0.3 is 10.2 Å². The van der Waals surface area contributed by atoms with Crippen LogP contribution in [0.3, 0.4) is 0 Å². The van der Waals surface area contributed by atoms with Crippen molar-refractivity contribution in [2.75, 3.05) is 38.1 Å². The number of anilines is 1. The van der Waals surface area contributed by atoms with E-state index in [1.807, 2.05) is 0 Å². The van der Waals surface area contributed by atoms with Gasteiger partial charge in [-0.05, 0) is 24.5 Å². The summed E-state index contributed by atoms with van der Waals surface area (Å²) in [5.41, 5.74) is 4.52. The first-order valence-corrected chi connectivity index (χ1v) is 7.02. The summed E-state index contributed by atoms with van der Waals surface area (Å²) in [5.74, 6) is 0. The Morgan fingerprint density at radius 2 is 2.06 bits per heavy atom. The molecule has 1 saturated heterocycles. The molecule has 1 aromatic carbocycles. The Labute approximate surface area is 110 Å². The normalized spacial score (nSPS) is 24.3. The first-order valence-electron chi connectivity index (χ1n) is 7.02. The van der Waals surface area contributed by atoms with E-state index in [2.05, 4.69) is 47.3 Å². The molecule has 0 aliphatic carbocycles. The van der Waals surface area contributed by atoms with Crippen LogP contribution in [0.25, 0.3) is 0 Å². The summed E-state index contributed by atoms with van der Waals surface area (Å²) in [6.07, 6.45) is 1.20. The zero-order valence-electron chi connectivity index (χ0n) is 11.4. The fraction of sp³-hybridized carbons (Fsp3) is 0.600. The summed E-state index contributed by atoms with van der Waals surface area (Å²) in [7, 11) is 2.23. The number of nitrogens with zero attached hydrogens (tertiary/aromatic N) is 2. The number of rotatable bonds is 2. The Balaban J connectivity index is 1.82. The number of hydrogen-bond donors (Lipinski definition) is 1. The molecular formula is C15H23N3. The number of piperazine rings is 1. The van der Waals surface area contributed by atoms with E-state index < -0.39 is 0 Å². The topological polar surface area (TPSA) is 18.5 Å². The SMILES string of the molecule is CC1Cc2cccc(CN3CCNCC3)c2N1C. The van der Waals surface area contributed by atoms with Gasteiger partial charge in [0.25, 0.3) is 0 Å². The molecule has 1 aromatic rings. The van der Waals surface area contributed by atoms with Gasteiger partial charge in [0.2, 0.25) is 0 Å². The van der Waals surface area contributed by atoms with Gasteiger partial charge in [0.1, 0.15) is 0 Å². The minimum absolute atomic E-state index is 0.643. The highest BCUT2D eigenvalue weighted by molar-refractivity contribution is 5.63. The molecule has 1 atom stereocenters. The maximum absolute atomic E-state index is 3.42. The first-order chi connectivity index (χ1) is 8.75. The predicted octanol–water partition coefficient (Wildman–Crippen LogP) is 1.47. The highest BCUT2D eigenvalue weighted by Crippen LogP contribution is 2.34. The first kappa shape index (κ1) is 12.0. The number of nitrogens with one attached hydrogen (secondary N) is 1. The van der Waals surface area contributed by atoms with Crippen LogP contribution in [-0.2, 0) is 13.0 Å². The monoisotopic (exact) mass is 245 g/mol. The third-order valence-electron chi connectivity index (χ3n) is 4.34. The van der Waals surface area contributed by atoms with Gasteiger partial charge in [-0.25, -0.2) is 0 Å². The van der Waals surface area contributed by atoms with E-state index in [9.17, 15) is 0 Å². The Kier molecular flexibility index (Phi) is 3.27. The van der Waals surface area contributed by atoms with Crippen molar-refractivity contribution in [1.82, 2.24) is 10.2 Å². The van der Waals surface area contributed by atoms with Gasteiger partial charge >= 0.3 is 0 Å². The number of hydrogen-bond acceptors (Lipinski definition) is 3. The zero-order valence-corrected chi connectivity index (χ0v) is 11.4. The van der Waals surface area contributed by atoms with Crippen molar-refractivity contribution in [2.45, 2.75) is 25.9 Å². The molecule has 3 nitrogen and oxygen atoms in total. The number of likely N-dealkylation sites (N-methyl/N-ethyl adjacent to an activating group) is 1. The van der Waals surface area contributed by atoms with Crippen molar-refractivity contribution in [3.8, 4) is 0 Å². The molecule has 2 aliphatic rings. The van der Waals surface area contributed by atoms with Crippen molar-refractivity contribution in [1.29, 1.82) is 0 Å². The van der Waals surface area contributed by atoms with Gasteiger partial charge in [0.05, 0.1) is 0 Å². The molecule has 0 spiro atoms. The summed E-state index contributed by atoms with van der Waals surface area (Å²) < 4.78 is 0. The fourth-order valence-corrected chi connectivity index (χ4v) is 3.18. The molecule has 3 rings (SSSR count). The largest absolute Gasteiger partial charge is 0.371 e. The molecule has 1 fully saturated rings. The van der Waals surface area contributed by atoms with Crippen LogP contribution < -0.4 is 10.2 Å². The molecule has 2 heterocycles. The molecule has 3 heteroatoms. The van der Waals surface area contributed by atoms with E-state index in [4.69, 9.17) is 0 Å². The smallest absolute Gasteiger partial charge is 0.0445 e. The molecule has 18 heavy (non-hydrogen) atoms. The van der Waals surface area contributed by atoms with Crippen LogP contribution >= 0.6 is 0 Å². The van der Waals surface area contributed by atoms with Gasteiger partial charge in [0, 0.05) is 51.5 Å². The van der Waals surface area contributed by atoms with Crippen LogP contribution in [0.4, 0.5) is 5.69 Å². The maximum Gasteiger partial charge on any atom is 0.0445 e. The Morgan fingerprint density at radius 3 is 2.83 bits per heavy atom. The minimum Gasteiger partial charge on any atom is -0.371 e. The summed E-state index contributed by atoms with van der Waals surface area (Å²) in [5, 5.41) is 3.42. The molecule has 0 amide bonds. The predicted molar refractivity (Wildman–Crippen MR) is 76.2 cm³/mol. The lowest BCUT2D eigenvalue weighted by atomic mass is 10.1. The van der Waals surface area contributed by atoms with Crippen molar-refractivity contribution in [3.05, 3.63) is 29.3 Å². The lowest BCUT2D eigenvalue weighted by Gasteiger charge is -2.29. The van der Waals surface area contributed by atoms with Crippen LogP contribution in [-0.4, -0.2) is 44.2 Å². The van der Waals surface area contributed by atoms with Crippen LogP contribution in [0.15, 0.2) is 18.2 Å². The number of benzene rings is 1. The van der Waals surface area contributed by atoms with E-state index >= 15 is 0 Å². The maximum atomic E-state index is 3.42. The number of fused-ring (bicyclic) bond motifs is 1. The van der Waals surface area contributed by atoms with E-state index in [0.717, 1.165) is 19.6 Å². The second-order valence-electron chi connectivity index (χ2n) is 5.62. The third kappa shape index (κ3) is 2.13. The number of para-hydroxylation sites is 1. The van der Waals surface area contributed by atoms with Gasteiger partial charge in [-0.3, -0.25) is 4.90 Å². The lowest BCUT2D eigenvalue weighted by molar-refractivity contribution is 0.233. The van der Waals surface area contributed by atoms with E-state index in [1.54, 1.807) is 0 Å². The summed E-state index contributed by atoms with van der Waals surface area (Å²) >= 11 is 0. The van der Waals surface area contributed by atoms with Gasteiger partial charge in [-0.2, -0.15) is 0 Å². The summed E-state index contributed by atoms with van der Waals surface area (Å²) in [6.45, 7) is 8.00. The molecule has 0 radical (unpaired) electrons. The third-order valence-corrected chi connectivity index (χ3v) is 4.34. The zero-order chi connectivity index (χ0) is 12.5.